The molecule has 1 aromatic rings. The zero-order valence-corrected chi connectivity index (χ0v) is 15.0. The van der Waals surface area contributed by atoms with Crippen LogP contribution in [-0.4, -0.2) is 48.9 Å². The van der Waals surface area contributed by atoms with Crippen LogP contribution in [-0.2, 0) is 9.53 Å². The highest BCUT2D eigenvalue weighted by Gasteiger charge is 2.15. The van der Waals surface area contributed by atoms with E-state index in [1.165, 1.54) is 4.90 Å². The number of amides is 2. The maximum absolute atomic E-state index is 11.6. The van der Waals surface area contributed by atoms with Crippen molar-refractivity contribution in [3.05, 3.63) is 29.8 Å². The molecule has 2 amide bonds. The Bertz CT molecular complexity index is 601. The molecule has 7 heteroatoms. The third-order valence-corrected chi connectivity index (χ3v) is 2.85. The normalized spacial score (nSPS) is 11.7. The molecule has 24 heavy (non-hydrogen) atoms. The Balaban J connectivity index is 2.60. The number of rotatable bonds is 5. The summed E-state index contributed by atoms with van der Waals surface area (Å²) in [5.41, 5.74) is 3.22. The predicted octanol–water partition coefficient (Wildman–Crippen LogP) is 2.40. The standard InChI is InChI=1S/C17H25N3O4/c1-12(18-19-16(22)24-17(2,3)4)13-7-9-14(10-8-13)23-11-15(21)20(5)6/h7-10H,11H2,1-6H3,(H,19,22)/b18-12+. The van der Waals surface area contributed by atoms with E-state index in [0.717, 1.165) is 5.56 Å². The van der Waals surface area contributed by atoms with Gasteiger partial charge in [0, 0.05) is 14.1 Å². The molecule has 0 aliphatic rings. The summed E-state index contributed by atoms with van der Waals surface area (Å²) < 4.78 is 10.5. The van der Waals surface area contributed by atoms with E-state index in [2.05, 4.69) is 10.5 Å². The molecule has 0 saturated carbocycles. The summed E-state index contributed by atoms with van der Waals surface area (Å²) in [6.07, 6.45) is -0.607. The highest BCUT2D eigenvalue weighted by atomic mass is 16.6. The lowest BCUT2D eigenvalue weighted by molar-refractivity contribution is -0.130. The topological polar surface area (TPSA) is 80.2 Å². The largest absolute Gasteiger partial charge is 0.484 e. The lowest BCUT2D eigenvalue weighted by Gasteiger charge is -2.18. The second kappa shape index (κ2) is 8.33. The number of ether oxygens (including phenoxy) is 2. The molecule has 0 bridgehead atoms. The summed E-state index contributed by atoms with van der Waals surface area (Å²) in [6, 6.07) is 7.08. The van der Waals surface area contributed by atoms with Gasteiger partial charge in [0.1, 0.15) is 11.4 Å². The molecular weight excluding hydrogens is 310 g/mol. The van der Waals surface area contributed by atoms with Crippen LogP contribution in [0.1, 0.15) is 33.3 Å². The molecule has 0 aliphatic heterocycles. The number of hydrogen-bond acceptors (Lipinski definition) is 5. The maximum Gasteiger partial charge on any atom is 0.428 e. The number of hydrogen-bond donors (Lipinski definition) is 1. The lowest BCUT2D eigenvalue weighted by Crippen LogP contribution is -2.30. The van der Waals surface area contributed by atoms with Crippen molar-refractivity contribution < 1.29 is 19.1 Å². The summed E-state index contributed by atoms with van der Waals surface area (Å²) in [4.78, 5) is 24.5. The van der Waals surface area contributed by atoms with Gasteiger partial charge in [-0.15, -0.1) is 0 Å². The Kier molecular flexibility index (Phi) is 6.76. The first-order valence-electron chi connectivity index (χ1n) is 7.55. The van der Waals surface area contributed by atoms with E-state index in [9.17, 15) is 9.59 Å². The minimum atomic E-state index is -0.607. The summed E-state index contributed by atoms with van der Waals surface area (Å²) in [7, 11) is 3.35. The Morgan fingerprint density at radius 1 is 1.17 bits per heavy atom. The van der Waals surface area contributed by atoms with Crippen LogP contribution in [0.25, 0.3) is 0 Å². The highest BCUT2D eigenvalue weighted by molar-refractivity contribution is 5.99. The van der Waals surface area contributed by atoms with E-state index in [1.807, 2.05) is 0 Å². The van der Waals surface area contributed by atoms with Gasteiger partial charge in [-0.25, -0.2) is 10.2 Å². The maximum atomic E-state index is 11.6. The van der Waals surface area contributed by atoms with Crippen LogP contribution in [0.4, 0.5) is 4.79 Å². The van der Waals surface area contributed by atoms with Crippen molar-refractivity contribution in [1.29, 1.82) is 0 Å². The zero-order valence-electron chi connectivity index (χ0n) is 15.0. The molecule has 0 aliphatic carbocycles. The number of hydrazone groups is 1. The van der Waals surface area contributed by atoms with Crippen LogP contribution < -0.4 is 10.2 Å². The summed E-state index contributed by atoms with van der Waals surface area (Å²) >= 11 is 0. The van der Waals surface area contributed by atoms with E-state index in [0.29, 0.717) is 11.5 Å². The predicted molar refractivity (Wildman–Crippen MR) is 92.2 cm³/mol. The molecule has 0 heterocycles. The van der Waals surface area contributed by atoms with Crippen LogP contribution in [0.5, 0.6) is 5.75 Å². The van der Waals surface area contributed by atoms with Gasteiger partial charge in [0.15, 0.2) is 6.61 Å². The Hall–Kier alpha value is -2.57. The smallest absolute Gasteiger partial charge is 0.428 e. The summed E-state index contributed by atoms with van der Waals surface area (Å²) in [5, 5.41) is 4.00. The number of carbonyl (C=O) groups is 2. The van der Waals surface area contributed by atoms with Crippen LogP contribution in [0.2, 0.25) is 0 Å². The second-order valence-corrected chi connectivity index (χ2v) is 6.41. The van der Waals surface area contributed by atoms with Crippen LogP contribution >= 0.6 is 0 Å². The molecule has 0 radical (unpaired) electrons. The molecule has 0 unspecified atom stereocenters. The average Bonchev–Trinajstić information content (AvgIpc) is 2.49. The van der Waals surface area contributed by atoms with Crippen LogP contribution in [0.3, 0.4) is 0 Å². The lowest BCUT2D eigenvalue weighted by atomic mass is 10.1. The van der Waals surface area contributed by atoms with Gasteiger partial charge in [-0.2, -0.15) is 5.10 Å². The number of nitrogens with zero attached hydrogens (tertiary/aromatic N) is 2. The molecule has 1 aromatic carbocycles. The number of nitrogens with one attached hydrogen (secondary N) is 1. The molecule has 7 nitrogen and oxygen atoms in total. The van der Waals surface area contributed by atoms with Crippen molar-refractivity contribution in [2.75, 3.05) is 20.7 Å². The van der Waals surface area contributed by atoms with Crippen molar-refractivity contribution in [1.82, 2.24) is 10.3 Å². The van der Waals surface area contributed by atoms with Crippen molar-refractivity contribution >= 4 is 17.7 Å². The van der Waals surface area contributed by atoms with E-state index < -0.39 is 11.7 Å². The van der Waals surface area contributed by atoms with Crippen molar-refractivity contribution in [3.8, 4) is 5.75 Å². The molecule has 132 valence electrons. The van der Waals surface area contributed by atoms with Crippen LogP contribution in [0, 0.1) is 0 Å². The molecule has 0 spiro atoms. The Labute approximate surface area is 142 Å². The third kappa shape index (κ3) is 7.13. The van der Waals surface area contributed by atoms with Gasteiger partial charge in [-0.05, 0) is 57.5 Å². The third-order valence-electron chi connectivity index (χ3n) is 2.85. The minimum absolute atomic E-state index is 0.0143. The molecular formula is C17H25N3O4. The van der Waals surface area contributed by atoms with Crippen LogP contribution in [0.15, 0.2) is 29.4 Å². The van der Waals surface area contributed by atoms with E-state index in [4.69, 9.17) is 9.47 Å². The Morgan fingerprint density at radius 3 is 2.25 bits per heavy atom. The average molecular weight is 335 g/mol. The van der Waals surface area contributed by atoms with Crippen molar-refractivity contribution in [2.24, 2.45) is 5.10 Å². The summed E-state index contributed by atoms with van der Waals surface area (Å²) in [6.45, 7) is 7.09. The minimum Gasteiger partial charge on any atom is -0.484 e. The molecule has 0 saturated heterocycles. The first kappa shape index (κ1) is 19.5. The quantitative estimate of drug-likeness (QED) is 0.662. The molecule has 0 fully saturated rings. The van der Waals surface area contributed by atoms with Gasteiger partial charge in [0.25, 0.3) is 5.91 Å². The van der Waals surface area contributed by atoms with Crippen molar-refractivity contribution in [2.45, 2.75) is 33.3 Å². The first-order chi connectivity index (χ1) is 11.1. The molecule has 1 rings (SSSR count). The van der Waals surface area contributed by atoms with Gasteiger partial charge in [0.05, 0.1) is 5.71 Å². The van der Waals surface area contributed by atoms with E-state index in [1.54, 1.807) is 66.1 Å². The van der Waals surface area contributed by atoms with Gasteiger partial charge in [-0.1, -0.05) is 0 Å². The molecule has 0 atom stereocenters. The SMILES string of the molecule is C/C(=N\NC(=O)OC(C)(C)C)c1ccc(OCC(=O)N(C)C)cc1. The second-order valence-electron chi connectivity index (χ2n) is 6.41. The Morgan fingerprint density at radius 2 is 1.75 bits per heavy atom. The van der Waals surface area contributed by atoms with Gasteiger partial charge in [-0.3, -0.25) is 4.79 Å². The van der Waals surface area contributed by atoms with Gasteiger partial charge in [0.2, 0.25) is 0 Å². The summed E-state index contributed by atoms with van der Waals surface area (Å²) in [5.74, 6) is 0.472. The zero-order chi connectivity index (χ0) is 18.3. The number of likely N-dealkylation sites (N-methyl/N-ethyl adjacent to an activating group) is 1. The fourth-order valence-electron chi connectivity index (χ4n) is 1.56. The first-order valence-corrected chi connectivity index (χ1v) is 7.55. The number of carbonyl (C=O) groups excluding carboxylic acids is 2. The van der Waals surface area contributed by atoms with Crippen molar-refractivity contribution in [3.63, 3.8) is 0 Å². The van der Waals surface area contributed by atoms with E-state index >= 15 is 0 Å². The fraction of sp³-hybridized carbons (Fsp3) is 0.471. The molecule has 0 aromatic heterocycles. The van der Waals surface area contributed by atoms with Gasteiger partial charge < -0.3 is 14.4 Å². The van der Waals surface area contributed by atoms with E-state index in [-0.39, 0.29) is 12.5 Å². The number of benzene rings is 1. The monoisotopic (exact) mass is 335 g/mol. The fourth-order valence-corrected chi connectivity index (χ4v) is 1.56. The van der Waals surface area contributed by atoms with Gasteiger partial charge >= 0.3 is 6.09 Å². The molecule has 1 N–H and O–H groups in total. The highest BCUT2D eigenvalue weighted by Crippen LogP contribution is 2.13.